The number of carbonyl (C=O) groups excluding carboxylic acids is 1. The van der Waals surface area contributed by atoms with E-state index in [2.05, 4.69) is 17.4 Å². The molecule has 1 heterocycles. The molecule has 0 atom stereocenters. The van der Waals surface area contributed by atoms with Crippen LogP contribution in [0.15, 0.2) is 53.4 Å². The van der Waals surface area contributed by atoms with Crippen LogP contribution in [0.5, 0.6) is 0 Å². The van der Waals surface area contributed by atoms with Crippen LogP contribution in [0, 0.1) is 6.92 Å². The summed E-state index contributed by atoms with van der Waals surface area (Å²) in [5, 5.41) is 5.31. The third-order valence-corrected chi connectivity index (χ3v) is 8.43. The molecule has 0 saturated carbocycles. The molecule has 0 radical (unpaired) electrons. The summed E-state index contributed by atoms with van der Waals surface area (Å²) < 4.78 is 27.7. The third kappa shape index (κ3) is 3.54. The second-order valence-corrected chi connectivity index (χ2v) is 10.4. The van der Waals surface area contributed by atoms with Crippen molar-refractivity contribution in [1.82, 2.24) is 4.31 Å². The lowest BCUT2D eigenvalue weighted by Crippen LogP contribution is -2.35. The molecule has 0 aromatic heterocycles. The number of benzene rings is 3. The Bertz CT molecular complexity index is 1280. The maximum Gasteiger partial charge on any atom is 0.255 e. The highest BCUT2D eigenvalue weighted by Crippen LogP contribution is 2.35. The predicted molar refractivity (Wildman–Crippen MR) is 123 cm³/mol. The van der Waals surface area contributed by atoms with Gasteiger partial charge in [0.1, 0.15) is 0 Å². The zero-order chi connectivity index (χ0) is 21.6. The van der Waals surface area contributed by atoms with Crippen LogP contribution in [-0.2, 0) is 22.9 Å². The fourth-order valence-corrected chi connectivity index (χ4v) is 6.35. The molecule has 0 bridgehead atoms. The van der Waals surface area contributed by atoms with Gasteiger partial charge in [0, 0.05) is 29.7 Å². The first-order valence-electron chi connectivity index (χ1n) is 10.9. The second kappa shape index (κ2) is 7.77. The van der Waals surface area contributed by atoms with Crippen molar-refractivity contribution >= 4 is 32.4 Å². The lowest BCUT2D eigenvalue weighted by atomic mass is 10.0. The number of rotatable bonds is 4. The molecule has 1 aliphatic carbocycles. The van der Waals surface area contributed by atoms with Crippen molar-refractivity contribution in [3.63, 3.8) is 0 Å². The first-order chi connectivity index (χ1) is 14.9. The highest BCUT2D eigenvalue weighted by Gasteiger charge is 2.27. The normalized spacial score (nSPS) is 16.5. The summed E-state index contributed by atoms with van der Waals surface area (Å²) >= 11 is 0. The number of carbonyl (C=O) groups is 1. The largest absolute Gasteiger partial charge is 0.321 e. The van der Waals surface area contributed by atoms with Crippen molar-refractivity contribution in [3.05, 3.63) is 70.8 Å². The number of amides is 1. The number of hydrogen-bond donors (Lipinski definition) is 1. The lowest BCUT2D eigenvalue weighted by molar-refractivity contribution is 0.102. The molecule has 1 fully saturated rings. The molecule has 1 saturated heterocycles. The summed E-state index contributed by atoms with van der Waals surface area (Å²) in [7, 11) is -3.59. The minimum atomic E-state index is -3.59. The minimum Gasteiger partial charge on any atom is -0.321 e. The fraction of sp³-hybridized carbons (Fsp3) is 0.320. The molecule has 6 heteroatoms. The van der Waals surface area contributed by atoms with E-state index in [4.69, 9.17) is 0 Å². The second-order valence-electron chi connectivity index (χ2n) is 8.51. The highest BCUT2D eigenvalue weighted by atomic mass is 32.2. The zero-order valence-corrected chi connectivity index (χ0v) is 18.5. The van der Waals surface area contributed by atoms with Crippen molar-refractivity contribution < 1.29 is 13.2 Å². The third-order valence-electron chi connectivity index (χ3n) is 6.53. The quantitative estimate of drug-likeness (QED) is 0.649. The topological polar surface area (TPSA) is 66.5 Å². The maximum absolute atomic E-state index is 13.2. The summed E-state index contributed by atoms with van der Waals surface area (Å²) in [5.41, 5.74) is 4.53. The summed E-state index contributed by atoms with van der Waals surface area (Å²) in [4.78, 5) is 13.4. The Morgan fingerprint density at radius 3 is 2.45 bits per heavy atom. The smallest absolute Gasteiger partial charge is 0.255 e. The highest BCUT2D eigenvalue weighted by molar-refractivity contribution is 7.89. The average Bonchev–Trinajstić information content (AvgIpc) is 3.21. The standard InChI is InChI=1S/C25H26N2O3S/c1-17-8-12-20(31(29,30)27-14-3-2-4-15-27)16-22(17)25(28)26-23-13-11-19-10-9-18-6-5-7-21(23)24(18)19/h5-8,11-13,16H,2-4,9-10,14-15H2,1H3,(H,26,28). The van der Waals surface area contributed by atoms with E-state index < -0.39 is 10.0 Å². The maximum atomic E-state index is 13.2. The summed E-state index contributed by atoms with van der Waals surface area (Å²) in [6.07, 6.45) is 4.87. The van der Waals surface area contributed by atoms with Crippen molar-refractivity contribution in [2.75, 3.05) is 18.4 Å². The van der Waals surface area contributed by atoms with E-state index in [-0.39, 0.29) is 10.8 Å². The van der Waals surface area contributed by atoms with Gasteiger partial charge in [-0.05, 0) is 72.9 Å². The Morgan fingerprint density at radius 1 is 0.935 bits per heavy atom. The molecule has 1 aliphatic heterocycles. The molecule has 3 aromatic carbocycles. The molecule has 31 heavy (non-hydrogen) atoms. The van der Waals surface area contributed by atoms with E-state index in [0.29, 0.717) is 18.7 Å². The lowest BCUT2D eigenvalue weighted by Gasteiger charge is -2.26. The van der Waals surface area contributed by atoms with Crippen molar-refractivity contribution in [2.24, 2.45) is 0 Å². The van der Waals surface area contributed by atoms with E-state index in [9.17, 15) is 13.2 Å². The number of piperidine rings is 1. The van der Waals surface area contributed by atoms with Gasteiger partial charge in [-0.1, -0.05) is 36.8 Å². The average molecular weight is 435 g/mol. The fourth-order valence-electron chi connectivity index (χ4n) is 4.81. The van der Waals surface area contributed by atoms with Gasteiger partial charge in [-0.3, -0.25) is 4.79 Å². The molecular weight excluding hydrogens is 408 g/mol. The van der Waals surface area contributed by atoms with Crippen LogP contribution in [-0.4, -0.2) is 31.7 Å². The van der Waals surface area contributed by atoms with Gasteiger partial charge in [-0.15, -0.1) is 0 Å². The first kappa shape index (κ1) is 20.2. The summed E-state index contributed by atoms with van der Waals surface area (Å²) in [6.45, 7) is 2.91. The van der Waals surface area contributed by atoms with E-state index in [1.54, 1.807) is 12.1 Å². The van der Waals surface area contributed by atoms with Crippen LogP contribution in [0.1, 0.15) is 46.3 Å². The molecule has 2 aliphatic rings. The van der Waals surface area contributed by atoms with Gasteiger partial charge < -0.3 is 5.32 Å². The van der Waals surface area contributed by atoms with E-state index >= 15 is 0 Å². The van der Waals surface area contributed by atoms with Crippen molar-refractivity contribution in [2.45, 2.75) is 43.9 Å². The Morgan fingerprint density at radius 2 is 1.68 bits per heavy atom. The van der Waals surface area contributed by atoms with Gasteiger partial charge in [0.25, 0.3) is 5.91 Å². The molecule has 160 valence electrons. The Hall–Kier alpha value is -2.70. The number of nitrogens with one attached hydrogen (secondary N) is 1. The van der Waals surface area contributed by atoms with Crippen molar-refractivity contribution in [3.8, 4) is 0 Å². The number of anilines is 1. The monoisotopic (exact) mass is 434 g/mol. The number of hydrogen-bond acceptors (Lipinski definition) is 3. The molecule has 3 aromatic rings. The van der Waals surface area contributed by atoms with Crippen LogP contribution >= 0.6 is 0 Å². The molecular formula is C25H26N2O3S. The van der Waals surface area contributed by atoms with Gasteiger partial charge in [0.15, 0.2) is 0 Å². The van der Waals surface area contributed by atoms with Crippen LogP contribution < -0.4 is 5.32 Å². The Kier molecular flexibility index (Phi) is 5.07. The van der Waals surface area contributed by atoms with Gasteiger partial charge in [-0.2, -0.15) is 4.31 Å². The van der Waals surface area contributed by atoms with E-state index in [1.165, 1.54) is 26.9 Å². The molecule has 0 spiro atoms. The predicted octanol–water partition coefficient (Wildman–Crippen LogP) is 4.67. The first-order valence-corrected chi connectivity index (χ1v) is 12.3. The van der Waals surface area contributed by atoms with Crippen LogP contribution in [0.3, 0.4) is 0 Å². The molecule has 1 amide bonds. The minimum absolute atomic E-state index is 0.186. The number of sulfonamides is 1. The Balaban J connectivity index is 1.48. The Labute approximate surface area is 183 Å². The summed E-state index contributed by atoms with van der Waals surface area (Å²) in [6, 6.07) is 15.1. The van der Waals surface area contributed by atoms with Gasteiger partial charge in [0.05, 0.1) is 4.90 Å². The number of nitrogens with zero attached hydrogens (tertiary/aromatic N) is 1. The van der Waals surface area contributed by atoms with Crippen LogP contribution in [0.4, 0.5) is 5.69 Å². The molecule has 5 nitrogen and oxygen atoms in total. The van der Waals surface area contributed by atoms with Crippen LogP contribution in [0.25, 0.3) is 10.8 Å². The zero-order valence-electron chi connectivity index (χ0n) is 17.6. The number of aryl methyl sites for hydroxylation is 3. The van der Waals surface area contributed by atoms with Crippen molar-refractivity contribution in [1.29, 1.82) is 0 Å². The van der Waals surface area contributed by atoms with E-state index in [0.717, 1.165) is 48.7 Å². The SMILES string of the molecule is Cc1ccc(S(=O)(=O)N2CCCCC2)cc1C(=O)Nc1ccc2c3c(cccc13)CC2. The van der Waals surface area contributed by atoms with Crippen LogP contribution in [0.2, 0.25) is 0 Å². The van der Waals surface area contributed by atoms with Gasteiger partial charge in [0.2, 0.25) is 10.0 Å². The molecule has 5 rings (SSSR count). The van der Waals surface area contributed by atoms with Gasteiger partial charge >= 0.3 is 0 Å². The molecule has 1 N–H and O–H groups in total. The van der Waals surface area contributed by atoms with Gasteiger partial charge in [-0.25, -0.2) is 8.42 Å². The summed E-state index contributed by atoms with van der Waals surface area (Å²) in [5.74, 6) is -0.285. The molecule has 0 unspecified atom stereocenters. The van der Waals surface area contributed by atoms with E-state index in [1.807, 2.05) is 25.1 Å².